The fourth-order valence-corrected chi connectivity index (χ4v) is 2.81. The summed E-state index contributed by atoms with van der Waals surface area (Å²) < 4.78 is 5.82. The van der Waals surface area contributed by atoms with Gasteiger partial charge in [0.2, 0.25) is 0 Å². The van der Waals surface area contributed by atoms with Gasteiger partial charge in [0.25, 0.3) is 6.01 Å². The van der Waals surface area contributed by atoms with E-state index >= 15 is 0 Å². The largest absolute Gasteiger partial charge is 0.423 e. The molecule has 1 saturated heterocycles. The molecule has 1 fully saturated rings. The highest BCUT2D eigenvalue weighted by Gasteiger charge is 2.28. The summed E-state index contributed by atoms with van der Waals surface area (Å²) in [4.78, 5) is 18.3. The first-order chi connectivity index (χ1) is 10.8. The maximum absolute atomic E-state index is 11.6. The van der Waals surface area contributed by atoms with E-state index in [0.717, 1.165) is 30.5 Å². The second-order valence-corrected chi connectivity index (χ2v) is 5.66. The topological polar surface area (TPSA) is 70.4 Å². The molecule has 1 aliphatic rings. The molecule has 0 aliphatic carbocycles. The molecule has 2 heterocycles. The van der Waals surface area contributed by atoms with Gasteiger partial charge in [0, 0.05) is 25.5 Å². The number of hydrogen-bond acceptors (Lipinski definition) is 4. The van der Waals surface area contributed by atoms with Gasteiger partial charge in [-0.15, -0.1) is 11.6 Å². The molecule has 2 aromatic rings. The maximum atomic E-state index is 11.6. The van der Waals surface area contributed by atoms with Crippen LogP contribution in [0.3, 0.4) is 0 Å². The maximum Gasteiger partial charge on any atom is 0.314 e. The standard InChI is InChI=1S/C15H19ClN4O2/c16-7-8-17-14(21)18-10-11-4-3-9-20(11)15-19-12-5-1-2-6-13(12)22-15/h1-2,5-6,11H,3-4,7-10H2,(H2,17,18,21). The average molecular weight is 323 g/mol. The highest BCUT2D eigenvalue weighted by molar-refractivity contribution is 6.18. The Bertz CT molecular complexity index is 612. The predicted molar refractivity (Wildman–Crippen MR) is 86.5 cm³/mol. The number of carbonyl (C=O) groups is 1. The van der Waals surface area contributed by atoms with E-state index in [0.29, 0.717) is 25.0 Å². The average Bonchev–Trinajstić information content (AvgIpc) is 3.16. The number of halogens is 1. The van der Waals surface area contributed by atoms with Crippen molar-refractivity contribution in [3.8, 4) is 0 Å². The van der Waals surface area contributed by atoms with E-state index in [1.165, 1.54) is 0 Å². The Kier molecular flexibility index (Phi) is 4.68. The molecule has 1 aromatic heterocycles. The van der Waals surface area contributed by atoms with Crippen molar-refractivity contribution < 1.29 is 9.21 Å². The molecule has 3 rings (SSSR count). The van der Waals surface area contributed by atoms with Crippen LogP contribution >= 0.6 is 11.6 Å². The van der Waals surface area contributed by atoms with E-state index in [4.69, 9.17) is 16.0 Å². The molecular formula is C15H19ClN4O2. The third-order valence-electron chi connectivity index (χ3n) is 3.78. The molecule has 1 unspecified atom stereocenters. The number of nitrogens with one attached hydrogen (secondary N) is 2. The van der Waals surface area contributed by atoms with Gasteiger partial charge in [0.15, 0.2) is 5.58 Å². The van der Waals surface area contributed by atoms with Crippen LogP contribution in [0, 0.1) is 0 Å². The lowest BCUT2D eigenvalue weighted by atomic mass is 10.2. The zero-order chi connectivity index (χ0) is 15.4. The van der Waals surface area contributed by atoms with Crippen molar-refractivity contribution in [2.45, 2.75) is 18.9 Å². The summed E-state index contributed by atoms with van der Waals surface area (Å²) in [6.45, 7) is 1.92. The van der Waals surface area contributed by atoms with Gasteiger partial charge in [-0.05, 0) is 25.0 Å². The van der Waals surface area contributed by atoms with E-state index in [9.17, 15) is 4.79 Å². The van der Waals surface area contributed by atoms with Crippen molar-refractivity contribution in [3.05, 3.63) is 24.3 Å². The zero-order valence-electron chi connectivity index (χ0n) is 12.2. The Morgan fingerprint density at radius 2 is 2.27 bits per heavy atom. The van der Waals surface area contributed by atoms with Crippen LogP contribution in [-0.2, 0) is 0 Å². The summed E-state index contributed by atoms with van der Waals surface area (Å²) in [6.07, 6.45) is 2.07. The van der Waals surface area contributed by atoms with Crippen molar-refractivity contribution in [2.24, 2.45) is 0 Å². The van der Waals surface area contributed by atoms with Crippen LogP contribution in [0.4, 0.5) is 10.8 Å². The van der Waals surface area contributed by atoms with Crippen LogP contribution in [-0.4, -0.2) is 42.6 Å². The lowest BCUT2D eigenvalue weighted by Crippen LogP contribution is -2.44. The number of oxazole rings is 1. The lowest BCUT2D eigenvalue weighted by molar-refractivity contribution is 0.240. The number of urea groups is 1. The van der Waals surface area contributed by atoms with Crippen molar-refractivity contribution in [1.82, 2.24) is 15.6 Å². The molecule has 6 nitrogen and oxygen atoms in total. The van der Waals surface area contributed by atoms with Crippen LogP contribution in [0.15, 0.2) is 28.7 Å². The summed E-state index contributed by atoms with van der Waals surface area (Å²) in [7, 11) is 0. The first-order valence-corrected chi connectivity index (χ1v) is 8.01. The number of amides is 2. The first kappa shape index (κ1) is 15.0. The van der Waals surface area contributed by atoms with E-state index in [1.807, 2.05) is 24.3 Å². The molecule has 0 saturated carbocycles. The molecule has 0 spiro atoms. The second-order valence-electron chi connectivity index (χ2n) is 5.28. The highest BCUT2D eigenvalue weighted by Crippen LogP contribution is 2.27. The monoisotopic (exact) mass is 322 g/mol. The van der Waals surface area contributed by atoms with Gasteiger partial charge >= 0.3 is 6.03 Å². The Labute approximate surface area is 133 Å². The van der Waals surface area contributed by atoms with Crippen LogP contribution < -0.4 is 15.5 Å². The number of benzene rings is 1. The Balaban J connectivity index is 1.64. The Hall–Kier alpha value is -1.95. The molecule has 0 radical (unpaired) electrons. The van der Waals surface area contributed by atoms with E-state index in [1.54, 1.807) is 0 Å². The molecular weight excluding hydrogens is 304 g/mol. The van der Waals surface area contributed by atoms with Crippen molar-refractivity contribution in [2.75, 3.05) is 30.4 Å². The van der Waals surface area contributed by atoms with Crippen molar-refractivity contribution in [1.29, 1.82) is 0 Å². The minimum absolute atomic E-state index is 0.190. The van der Waals surface area contributed by atoms with Crippen LogP contribution in [0.2, 0.25) is 0 Å². The number of nitrogens with zero attached hydrogens (tertiary/aromatic N) is 2. The number of alkyl halides is 1. The smallest absolute Gasteiger partial charge is 0.314 e. The first-order valence-electron chi connectivity index (χ1n) is 7.48. The van der Waals surface area contributed by atoms with Gasteiger partial charge < -0.3 is 20.0 Å². The quantitative estimate of drug-likeness (QED) is 0.829. The zero-order valence-corrected chi connectivity index (χ0v) is 13.0. The summed E-state index contributed by atoms with van der Waals surface area (Å²) in [6, 6.07) is 8.37. The van der Waals surface area contributed by atoms with Gasteiger partial charge in [-0.2, -0.15) is 4.98 Å². The minimum atomic E-state index is -0.190. The summed E-state index contributed by atoms with van der Waals surface area (Å²) >= 11 is 5.54. The summed E-state index contributed by atoms with van der Waals surface area (Å²) in [5.74, 6) is 0.409. The van der Waals surface area contributed by atoms with Gasteiger partial charge in [-0.1, -0.05) is 12.1 Å². The third-order valence-corrected chi connectivity index (χ3v) is 3.97. The Morgan fingerprint density at radius 3 is 3.09 bits per heavy atom. The van der Waals surface area contributed by atoms with E-state index in [2.05, 4.69) is 20.5 Å². The second kappa shape index (κ2) is 6.87. The van der Waals surface area contributed by atoms with Gasteiger partial charge in [-0.25, -0.2) is 4.79 Å². The van der Waals surface area contributed by atoms with Crippen molar-refractivity contribution in [3.63, 3.8) is 0 Å². The minimum Gasteiger partial charge on any atom is -0.423 e. The number of para-hydroxylation sites is 2. The number of anilines is 1. The van der Waals surface area contributed by atoms with Crippen LogP contribution in [0.1, 0.15) is 12.8 Å². The Morgan fingerprint density at radius 1 is 1.41 bits per heavy atom. The molecule has 1 aromatic carbocycles. The SMILES string of the molecule is O=C(NCCCl)NCC1CCCN1c1nc2ccccc2o1. The fraction of sp³-hybridized carbons (Fsp3) is 0.467. The molecule has 118 valence electrons. The van der Waals surface area contributed by atoms with Gasteiger partial charge in [0.05, 0.1) is 6.04 Å². The molecule has 1 atom stereocenters. The number of aromatic nitrogens is 1. The summed E-state index contributed by atoms with van der Waals surface area (Å²) in [5, 5.41) is 5.57. The molecule has 2 N–H and O–H groups in total. The van der Waals surface area contributed by atoms with Gasteiger partial charge in [0.1, 0.15) is 5.52 Å². The van der Waals surface area contributed by atoms with Crippen molar-refractivity contribution >= 4 is 34.7 Å². The molecule has 22 heavy (non-hydrogen) atoms. The number of hydrogen-bond donors (Lipinski definition) is 2. The molecule has 1 aliphatic heterocycles. The van der Waals surface area contributed by atoms with Gasteiger partial charge in [-0.3, -0.25) is 0 Å². The molecule has 2 amide bonds. The molecule has 0 bridgehead atoms. The number of rotatable bonds is 5. The highest BCUT2D eigenvalue weighted by atomic mass is 35.5. The van der Waals surface area contributed by atoms with E-state index in [-0.39, 0.29) is 12.1 Å². The summed E-state index contributed by atoms with van der Waals surface area (Å²) in [5.41, 5.74) is 1.65. The predicted octanol–water partition coefficient (Wildman–Crippen LogP) is 2.33. The number of fused-ring (bicyclic) bond motifs is 1. The normalized spacial score (nSPS) is 17.9. The third kappa shape index (κ3) is 3.27. The lowest BCUT2D eigenvalue weighted by Gasteiger charge is -2.23. The van der Waals surface area contributed by atoms with Crippen LogP contribution in [0.25, 0.3) is 11.1 Å². The fourth-order valence-electron chi connectivity index (χ4n) is 2.72. The number of carbonyl (C=O) groups excluding carboxylic acids is 1. The molecule has 7 heteroatoms. The van der Waals surface area contributed by atoms with Crippen LogP contribution in [0.5, 0.6) is 0 Å². The van der Waals surface area contributed by atoms with E-state index < -0.39 is 0 Å².